The molecule has 0 spiro atoms. The molecule has 1 aromatic rings. The zero-order valence-corrected chi connectivity index (χ0v) is 7.36. The van der Waals surface area contributed by atoms with Crippen molar-refractivity contribution in [3.63, 3.8) is 0 Å². The van der Waals surface area contributed by atoms with E-state index in [1.54, 1.807) is 6.07 Å². The first kappa shape index (κ1) is 9.67. The van der Waals surface area contributed by atoms with Crippen LogP contribution in [0, 0.1) is 0 Å². The number of aromatic nitrogens is 1. The number of ketones is 1. The summed E-state index contributed by atoms with van der Waals surface area (Å²) in [5.41, 5.74) is 0.832. The topological polar surface area (TPSA) is 59.4 Å². The Morgan fingerprint density at radius 1 is 1.62 bits per heavy atom. The van der Waals surface area contributed by atoms with Gasteiger partial charge >= 0.3 is 0 Å². The second-order valence-corrected chi connectivity index (χ2v) is 2.72. The van der Waals surface area contributed by atoms with Gasteiger partial charge in [0.1, 0.15) is 6.61 Å². The molecule has 0 fully saturated rings. The predicted molar refractivity (Wildman–Crippen MR) is 46.2 cm³/mol. The van der Waals surface area contributed by atoms with Crippen LogP contribution >= 0.6 is 0 Å². The van der Waals surface area contributed by atoms with Crippen LogP contribution < -0.4 is 0 Å². The fraction of sp³-hybridized carbons (Fsp3) is 0.333. The number of ether oxygens (including phenoxy) is 1. The lowest BCUT2D eigenvalue weighted by Gasteiger charge is -2.00. The summed E-state index contributed by atoms with van der Waals surface area (Å²) in [5, 5.41) is 8.86. The Kier molecular flexibility index (Phi) is 3.40. The monoisotopic (exact) mass is 181 g/mol. The molecular weight excluding hydrogens is 170 g/mol. The highest BCUT2D eigenvalue weighted by Crippen LogP contribution is 2.05. The van der Waals surface area contributed by atoms with E-state index in [4.69, 9.17) is 9.84 Å². The minimum absolute atomic E-state index is 0.00765. The highest BCUT2D eigenvalue weighted by Gasteiger charge is 1.96. The Balaban J connectivity index is 2.37. The number of pyridine rings is 1. The minimum atomic E-state index is -0.0182. The molecule has 1 heterocycles. The molecule has 0 aromatic carbocycles. The molecule has 0 saturated heterocycles. The molecule has 0 aliphatic heterocycles. The molecule has 0 unspecified atom stereocenters. The van der Waals surface area contributed by atoms with Gasteiger partial charge in [0.05, 0.1) is 6.61 Å². The zero-order chi connectivity index (χ0) is 9.68. The number of Topliss-reactive ketones (excluding diaryl/α,β-unsaturated/α-hetero) is 1. The molecule has 4 nitrogen and oxygen atoms in total. The van der Waals surface area contributed by atoms with Gasteiger partial charge in [-0.1, -0.05) is 0 Å². The molecule has 0 bridgehead atoms. The maximum absolute atomic E-state index is 10.5. The van der Waals surface area contributed by atoms with Gasteiger partial charge in [-0.25, -0.2) is 4.98 Å². The summed E-state index contributed by atoms with van der Waals surface area (Å²) in [7, 11) is 0. The van der Waals surface area contributed by atoms with Crippen LogP contribution in [0.25, 0.3) is 0 Å². The number of hydrogen-bond acceptors (Lipinski definition) is 4. The molecule has 70 valence electrons. The Morgan fingerprint density at radius 3 is 2.92 bits per heavy atom. The summed E-state index contributed by atoms with van der Waals surface area (Å²) < 4.78 is 5.05. The number of carbonyl (C=O) groups is 1. The van der Waals surface area contributed by atoms with E-state index in [9.17, 15) is 4.79 Å². The number of aromatic hydroxyl groups is 1. The molecule has 0 amide bonds. The van der Waals surface area contributed by atoms with Crippen molar-refractivity contribution in [2.75, 3.05) is 6.61 Å². The SMILES string of the molecule is CC(=O)COCc1ccc(O)nc1. The van der Waals surface area contributed by atoms with Crippen molar-refractivity contribution in [1.29, 1.82) is 0 Å². The van der Waals surface area contributed by atoms with Gasteiger partial charge in [-0.15, -0.1) is 0 Å². The van der Waals surface area contributed by atoms with Crippen molar-refractivity contribution in [3.8, 4) is 5.88 Å². The largest absolute Gasteiger partial charge is 0.493 e. The maximum Gasteiger partial charge on any atom is 0.210 e. The quantitative estimate of drug-likeness (QED) is 0.749. The average Bonchev–Trinajstić information content (AvgIpc) is 2.08. The van der Waals surface area contributed by atoms with Gasteiger partial charge in [-0.2, -0.15) is 0 Å². The molecule has 1 N–H and O–H groups in total. The summed E-state index contributed by atoms with van der Waals surface area (Å²) in [4.78, 5) is 14.2. The Bertz CT molecular complexity index is 281. The first-order valence-electron chi connectivity index (χ1n) is 3.89. The average molecular weight is 181 g/mol. The number of rotatable bonds is 4. The van der Waals surface area contributed by atoms with Gasteiger partial charge in [0.15, 0.2) is 5.78 Å². The standard InChI is InChI=1S/C9H11NO3/c1-7(11)5-13-6-8-2-3-9(12)10-4-8/h2-4H,5-6H2,1H3,(H,10,12). The Labute approximate surface area is 76.2 Å². The van der Waals surface area contributed by atoms with E-state index < -0.39 is 0 Å². The van der Waals surface area contributed by atoms with Crippen LogP contribution in [0.4, 0.5) is 0 Å². The van der Waals surface area contributed by atoms with E-state index in [1.807, 2.05) is 0 Å². The lowest BCUT2D eigenvalue weighted by Crippen LogP contribution is -2.03. The fourth-order valence-corrected chi connectivity index (χ4v) is 0.815. The third-order valence-electron chi connectivity index (χ3n) is 1.38. The van der Waals surface area contributed by atoms with Gasteiger partial charge in [0, 0.05) is 12.3 Å². The molecule has 0 atom stereocenters. The molecule has 1 aromatic heterocycles. The van der Waals surface area contributed by atoms with Crippen LogP contribution in [0.2, 0.25) is 0 Å². The van der Waals surface area contributed by atoms with Crippen molar-refractivity contribution in [2.45, 2.75) is 13.5 Å². The van der Waals surface area contributed by atoms with Crippen molar-refractivity contribution in [3.05, 3.63) is 23.9 Å². The highest BCUT2D eigenvalue weighted by atomic mass is 16.5. The molecule has 0 radical (unpaired) electrons. The highest BCUT2D eigenvalue weighted by molar-refractivity contribution is 5.76. The van der Waals surface area contributed by atoms with E-state index in [-0.39, 0.29) is 18.3 Å². The molecule has 1 rings (SSSR count). The van der Waals surface area contributed by atoms with E-state index in [1.165, 1.54) is 19.2 Å². The van der Waals surface area contributed by atoms with E-state index in [2.05, 4.69) is 4.98 Å². The van der Waals surface area contributed by atoms with E-state index in [0.29, 0.717) is 6.61 Å². The lowest BCUT2D eigenvalue weighted by molar-refractivity contribution is -0.121. The minimum Gasteiger partial charge on any atom is -0.493 e. The lowest BCUT2D eigenvalue weighted by atomic mass is 10.3. The van der Waals surface area contributed by atoms with Crippen molar-refractivity contribution in [2.24, 2.45) is 0 Å². The van der Waals surface area contributed by atoms with Gasteiger partial charge in [0.2, 0.25) is 5.88 Å². The Morgan fingerprint density at radius 2 is 2.38 bits per heavy atom. The second-order valence-electron chi connectivity index (χ2n) is 2.72. The van der Waals surface area contributed by atoms with Gasteiger partial charge in [-0.3, -0.25) is 4.79 Å². The van der Waals surface area contributed by atoms with Crippen LogP contribution in [0.5, 0.6) is 5.88 Å². The molecule has 0 aliphatic carbocycles. The third kappa shape index (κ3) is 3.66. The van der Waals surface area contributed by atoms with Crippen molar-refractivity contribution in [1.82, 2.24) is 4.98 Å². The van der Waals surface area contributed by atoms with Crippen LogP contribution in [-0.4, -0.2) is 22.5 Å². The van der Waals surface area contributed by atoms with Gasteiger partial charge in [0.25, 0.3) is 0 Å². The van der Waals surface area contributed by atoms with Crippen LogP contribution in [0.3, 0.4) is 0 Å². The molecular formula is C9H11NO3. The zero-order valence-electron chi connectivity index (χ0n) is 7.36. The molecule has 4 heteroatoms. The number of hydrogen-bond donors (Lipinski definition) is 1. The van der Waals surface area contributed by atoms with Gasteiger partial charge in [-0.05, 0) is 18.6 Å². The smallest absolute Gasteiger partial charge is 0.210 e. The normalized spacial score (nSPS) is 9.92. The van der Waals surface area contributed by atoms with E-state index >= 15 is 0 Å². The van der Waals surface area contributed by atoms with Crippen LogP contribution in [0.15, 0.2) is 18.3 Å². The summed E-state index contributed by atoms with van der Waals surface area (Å²) in [5.74, 6) is -0.0259. The first-order chi connectivity index (χ1) is 6.18. The predicted octanol–water partition coefficient (Wildman–Crippen LogP) is 0.893. The number of carbonyl (C=O) groups excluding carboxylic acids is 1. The third-order valence-corrected chi connectivity index (χ3v) is 1.38. The van der Waals surface area contributed by atoms with E-state index in [0.717, 1.165) is 5.56 Å². The maximum atomic E-state index is 10.5. The van der Waals surface area contributed by atoms with Crippen molar-refractivity contribution < 1.29 is 14.6 Å². The molecule has 0 aliphatic rings. The molecule has 13 heavy (non-hydrogen) atoms. The van der Waals surface area contributed by atoms with Crippen molar-refractivity contribution >= 4 is 5.78 Å². The van der Waals surface area contributed by atoms with Gasteiger partial charge < -0.3 is 9.84 Å². The second kappa shape index (κ2) is 4.57. The number of nitrogens with zero attached hydrogens (tertiary/aromatic N) is 1. The Hall–Kier alpha value is -1.42. The molecule has 0 saturated carbocycles. The summed E-state index contributed by atoms with van der Waals surface area (Å²) in [6, 6.07) is 3.18. The van der Waals surface area contributed by atoms with Crippen LogP contribution in [0.1, 0.15) is 12.5 Å². The first-order valence-corrected chi connectivity index (χ1v) is 3.89. The summed E-state index contributed by atoms with van der Waals surface area (Å²) >= 11 is 0. The summed E-state index contributed by atoms with van der Waals surface area (Å²) in [6.45, 7) is 1.92. The fourth-order valence-electron chi connectivity index (χ4n) is 0.815. The van der Waals surface area contributed by atoms with Crippen LogP contribution in [-0.2, 0) is 16.1 Å². The summed E-state index contributed by atoms with van der Waals surface area (Å²) in [6.07, 6.45) is 1.51.